The molecule has 10 nitrogen and oxygen atoms in total. The molecule has 4 rings (SSSR count). The van der Waals surface area contributed by atoms with Gasteiger partial charge in [-0.2, -0.15) is 0 Å². The predicted molar refractivity (Wildman–Crippen MR) is 119 cm³/mol. The van der Waals surface area contributed by atoms with Crippen molar-refractivity contribution >= 4 is 17.7 Å². The van der Waals surface area contributed by atoms with E-state index in [1.807, 2.05) is 12.1 Å². The molecule has 2 atom stereocenters. The van der Waals surface area contributed by atoms with Gasteiger partial charge in [0, 0.05) is 44.0 Å². The van der Waals surface area contributed by atoms with Crippen LogP contribution >= 0.6 is 0 Å². The topological polar surface area (TPSA) is 143 Å². The number of hydrogen-bond acceptors (Lipinski definition) is 7. The van der Waals surface area contributed by atoms with Gasteiger partial charge in [-0.05, 0) is 56.2 Å². The van der Waals surface area contributed by atoms with E-state index in [4.69, 9.17) is 10.3 Å². The number of carbonyl (C=O) groups is 3. The van der Waals surface area contributed by atoms with E-state index in [2.05, 4.69) is 20.8 Å². The smallest absolute Gasteiger partial charge is 0.274 e. The molecule has 1 saturated heterocycles. The summed E-state index contributed by atoms with van der Waals surface area (Å²) in [7, 11) is 0. The Balaban J connectivity index is 1.43. The monoisotopic (exact) mass is 454 g/mol. The fourth-order valence-corrected chi connectivity index (χ4v) is 4.11. The van der Waals surface area contributed by atoms with Gasteiger partial charge < -0.3 is 25.8 Å². The normalized spacial score (nSPS) is 18.4. The van der Waals surface area contributed by atoms with Crippen LogP contribution < -0.4 is 16.4 Å². The molecular formula is C23H30N6O4. The second-order valence-electron chi connectivity index (χ2n) is 8.86. The predicted octanol–water partition coefficient (Wildman–Crippen LogP) is 0.948. The molecule has 0 radical (unpaired) electrons. The van der Waals surface area contributed by atoms with Gasteiger partial charge in [-0.3, -0.25) is 19.4 Å². The van der Waals surface area contributed by atoms with E-state index >= 15 is 0 Å². The lowest BCUT2D eigenvalue weighted by Gasteiger charge is -2.36. The molecule has 3 amide bonds. The zero-order valence-corrected chi connectivity index (χ0v) is 18.7. The van der Waals surface area contributed by atoms with Gasteiger partial charge in [0.05, 0.1) is 6.04 Å². The molecule has 176 valence electrons. The minimum atomic E-state index is -0.757. The summed E-state index contributed by atoms with van der Waals surface area (Å²) in [5.41, 5.74) is 6.81. The van der Waals surface area contributed by atoms with Crippen LogP contribution in [0.15, 0.2) is 35.1 Å². The molecule has 2 aliphatic rings. The number of hydrogen-bond donors (Lipinski definition) is 3. The third-order valence-corrected chi connectivity index (χ3v) is 6.24. The van der Waals surface area contributed by atoms with Gasteiger partial charge in [0.25, 0.3) is 5.91 Å². The molecular weight excluding hydrogens is 424 g/mol. The van der Waals surface area contributed by atoms with E-state index in [0.717, 1.165) is 18.4 Å². The molecule has 10 heteroatoms. The van der Waals surface area contributed by atoms with Gasteiger partial charge in [-0.1, -0.05) is 5.16 Å². The van der Waals surface area contributed by atoms with Crippen molar-refractivity contribution in [1.29, 1.82) is 0 Å². The summed E-state index contributed by atoms with van der Waals surface area (Å²) in [6.07, 6.45) is 6.56. The summed E-state index contributed by atoms with van der Waals surface area (Å²) in [4.78, 5) is 44.0. The van der Waals surface area contributed by atoms with Crippen molar-refractivity contribution in [1.82, 2.24) is 25.7 Å². The van der Waals surface area contributed by atoms with Crippen molar-refractivity contribution in [2.45, 2.75) is 57.2 Å². The van der Waals surface area contributed by atoms with Crippen molar-refractivity contribution in [2.24, 2.45) is 11.7 Å². The molecule has 2 aromatic rings. The Bertz CT molecular complexity index is 980. The fraction of sp³-hybridized carbons (Fsp3) is 0.522. The first-order valence-corrected chi connectivity index (χ1v) is 11.4. The second kappa shape index (κ2) is 10.1. The van der Waals surface area contributed by atoms with Crippen molar-refractivity contribution in [3.63, 3.8) is 0 Å². The number of carbonyl (C=O) groups excluding carboxylic acids is 3. The summed E-state index contributed by atoms with van der Waals surface area (Å²) in [6.45, 7) is 2.97. The van der Waals surface area contributed by atoms with Crippen LogP contribution in [0.25, 0.3) is 0 Å². The van der Waals surface area contributed by atoms with Gasteiger partial charge >= 0.3 is 0 Å². The van der Waals surface area contributed by atoms with Crippen LogP contribution in [0, 0.1) is 5.92 Å². The Hall–Kier alpha value is -3.27. The van der Waals surface area contributed by atoms with Crippen LogP contribution in [0.1, 0.15) is 60.3 Å². The van der Waals surface area contributed by atoms with Gasteiger partial charge in [0.2, 0.25) is 11.8 Å². The lowest BCUT2D eigenvalue weighted by atomic mass is 9.88. The fourth-order valence-electron chi connectivity index (χ4n) is 4.11. The maximum atomic E-state index is 13.1. The minimum Gasteiger partial charge on any atom is -0.360 e. The highest BCUT2D eigenvalue weighted by atomic mass is 16.5. The Morgan fingerprint density at radius 1 is 1.18 bits per heavy atom. The number of nitrogens with one attached hydrogen (secondary N) is 2. The third kappa shape index (κ3) is 5.75. The molecule has 1 unspecified atom stereocenters. The summed E-state index contributed by atoms with van der Waals surface area (Å²) in [6, 6.07) is 3.98. The summed E-state index contributed by atoms with van der Waals surface area (Å²) >= 11 is 0. The van der Waals surface area contributed by atoms with Crippen molar-refractivity contribution in [2.75, 3.05) is 13.1 Å². The van der Waals surface area contributed by atoms with E-state index in [9.17, 15) is 14.4 Å². The highest BCUT2D eigenvalue weighted by Crippen LogP contribution is 2.40. The van der Waals surface area contributed by atoms with Crippen LogP contribution in [0.2, 0.25) is 0 Å². The molecule has 0 bridgehead atoms. The number of nitrogens with two attached hydrogens (primary N) is 1. The summed E-state index contributed by atoms with van der Waals surface area (Å²) < 4.78 is 5.29. The zero-order valence-electron chi connectivity index (χ0n) is 18.7. The maximum Gasteiger partial charge on any atom is 0.274 e. The van der Waals surface area contributed by atoms with Crippen molar-refractivity contribution in [3.05, 3.63) is 47.6 Å². The van der Waals surface area contributed by atoms with E-state index in [1.165, 1.54) is 0 Å². The molecule has 0 aromatic carbocycles. The van der Waals surface area contributed by atoms with E-state index < -0.39 is 18.0 Å². The Labute approximate surface area is 192 Å². The van der Waals surface area contributed by atoms with Gasteiger partial charge in [0.15, 0.2) is 5.69 Å². The van der Waals surface area contributed by atoms with Gasteiger partial charge in [-0.25, -0.2) is 0 Å². The molecule has 1 aliphatic carbocycles. The highest BCUT2D eigenvalue weighted by molar-refractivity contribution is 5.96. The lowest BCUT2D eigenvalue weighted by Crippen LogP contribution is -2.54. The summed E-state index contributed by atoms with van der Waals surface area (Å²) in [5, 5.41) is 9.67. The number of nitrogens with zero attached hydrogens (tertiary/aromatic N) is 3. The van der Waals surface area contributed by atoms with Crippen LogP contribution in [0.4, 0.5) is 0 Å². The average molecular weight is 455 g/mol. The number of likely N-dealkylation sites (tertiary alicyclic amines) is 1. The van der Waals surface area contributed by atoms with E-state index in [0.29, 0.717) is 44.2 Å². The Kier molecular flexibility index (Phi) is 7.02. The molecule has 2 fully saturated rings. The molecule has 4 N–H and O–H groups in total. The quantitative estimate of drug-likeness (QED) is 0.539. The number of piperidine rings is 1. The lowest BCUT2D eigenvalue weighted by molar-refractivity contribution is -0.134. The summed E-state index contributed by atoms with van der Waals surface area (Å²) in [5.74, 6) is 0.100. The number of pyridine rings is 1. The average Bonchev–Trinajstić information content (AvgIpc) is 3.57. The van der Waals surface area contributed by atoms with Gasteiger partial charge in [-0.15, -0.1) is 0 Å². The largest absolute Gasteiger partial charge is 0.360 e. The van der Waals surface area contributed by atoms with Crippen LogP contribution in [0.5, 0.6) is 0 Å². The van der Waals surface area contributed by atoms with Crippen molar-refractivity contribution in [3.8, 4) is 0 Å². The zero-order chi connectivity index (χ0) is 23.4. The number of rotatable bonds is 8. The number of aromatic nitrogens is 2. The maximum absolute atomic E-state index is 13.1. The molecule has 1 saturated carbocycles. The standard InChI is InChI=1S/C23H30N6O4/c1-14(24)23(32)29-10-6-17(7-11-29)20(22(31)26-13-15-4-8-25-9-5-15)27-21(30)18-12-19(33-28-18)16-2-3-16/h4-5,8-9,12,14,16-17,20H,2-3,6-7,10-11,13,24H2,1H3,(H,26,31)(H,27,30)/t14-,20?/m0/s1. The number of amides is 3. The Morgan fingerprint density at radius 2 is 1.88 bits per heavy atom. The first kappa shape index (κ1) is 22.9. The van der Waals surface area contributed by atoms with Crippen molar-refractivity contribution < 1.29 is 18.9 Å². The molecule has 2 aromatic heterocycles. The minimum absolute atomic E-state index is 0.105. The molecule has 3 heterocycles. The molecule has 33 heavy (non-hydrogen) atoms. The van der Waals surface area contributed by atoms with E-state index in [1.54, 1.807) is 30.3 Å². The Morgan fingerprint density at radius 3 is 2.52 bits per heavy atom. The van der Waals surface area contributed by atoms with Crippen LogP contribution in [0.3, 0.4) is 0 Å². The SMILES string of the molecule is C[C@H](N)C(=O)N1CCC(C(NC(=O)c2cc(C3CC3)on2)C(=O)NCc2ccncc2)CC1. The van der Waals surface area contributed by atoms with Crippen LogP contribution in [-0.4, -0.2) is 57.9 Å². The van der Waals surface area contributed by atoms with E-state index in [-0.39, 0.29) is 23.4 Å². The second-order valence-corrected chi connectivity index (χ2v) is 8.86. The molecule has 1 aliphatic heterocycles. The van der Waals surface area contributed by atoms with Crippen LogP contribution in [-0.2, 0) is 16.1 Å². The first-order chi connectivity index (χ1) is 15.9. The first-order valence-electron chi connectivity index (χ1n) is 11.4. The van der Waals surface area contributed by atoms with Gasteiger partial charge in [0.1, 0.15) is 11.8 Å². The molecule has 0 spiro atoms. The highest BCUT2D eigenvalue weighted by Gasteiger charge is 2.35. The third-order valence-electron chi connectivity index (χ3n) is 6.24.